The largest absolute Gasteiger partial charge is 0.394 e. The summed E-state index contributed by atoms with van der Waals surface area (Å²) in [6.07, 6.45) is -1.62. The summed E-state index contributed by atoms with van der Waals surface area (Å²) in [6.45, 7) is -0.429. The van der Waals surface area contributed by atoms with Crippen LogP contribution in [-0.4, -0.2) is 81.4 Å². The minimum Gasteiger partial charge on any atom is -0.394 e. The number of aromatic nitrogens is 2. The molecule has 1 aliphatic rings. The number of amides is 1. The van der Waals surface area contributed by atoms with Gasteiger partial charge in [-0.2, -0.15) is 5.10 Å². The Balaban J connectivity index is 2.04. The number of nitrogens with zero attached hydrogens (tertiary/aromatic N) is 3. The Labute approximate surface area is 126 Å². The molecular weight excluding hydrogens is 294 g/mol. The van der Waals surface area contributed by atoms with Crippen molar-refractivity contribution in [2.75, 3.05) is 20.7 Å². The number of aromatic amines is 1. The van der Waals surface area contributed by atoms with Crippen LogP contribution in [0, 0.1) is 0 Å². The van der Waals surface area contributed by atoms with Crippen LogP contribution in [0.1, 0.15) is 22.4 Å². The number of nitrogens with one attached hydrogen (secondary N) is 2. The van der Waals surface area contributed by atoms with Crippen LogP contribution >= 0.6 is 0 Å². The third-order valence-corrected chi connectivity index (χ3v) is 3.11. The van der Waals surface area contributed by atoms with Crippen molar-refractivity contribution >= 4 is 12.2 Å². The van der Waals surface area contributed by atoms with Crippen molar-refractivity contribution in [1.82, 2.24) is 20.3 Å². The number of aliphatic hydroxyl groups excluding tert-OH is 3. The van der Waals surface area contributed by atoms with E-state index in [-0.39, 0.29) is 11.5 Å². The SMILES string of the molecule is CN(C)C=NNC(=O)c1cnc([C@@H]2O[C@H](CO)[C@@H](O)[C@H]2O)[nH]1. The molecule has 0 spiro atoms. The molecule has 1 fully saturated rings. The molecule has 0 aromatic carbocycles. The van der Waals surface area contributed by atoms with Gasteiger partial charge in [0.05, 0.1) is 12.8 Å². The number of hydrogen-bond acceptors (Lipinski definition) is 7. The first-order valence-electron chi connectivity index (χ1n) is 6.61. The maximum atomic E-state index is 11.8. The van der Waals surface area contributed by atoms with Gasteiger partial charge in [-0.1, -0.05) is 0 Å². The number of aliphatic hydroxyl groups is 3. The number of ether oxygens (including phenoxy) is 1. The maximum absolute atomic E-state index is 11.8. The van der Waals surface area contributed by atoms with E-state index in [2.05, 4.69) is 20.5 Å². The topological polar surface area (TPSA) is 143 Å². The lowest BCUT2D eigenvalue weighted by Crippen LogP contribution is -2.32. The van der Waals surface area contributed by atoms with Crippen molar-refractivity contribution in [3.63, 3.8) is 0 Å². The van der Waals surface area contributed by atoms with Crippen molar-refractivity contribution in [3.8, 4) is 0 Å². The molecule has 5 N–H and O–H groups in total. The Morgan fingerprint density at radius 2 is 2.27 bits per heavy atom. The maximum Gasteiger partial charge on any atom is 0.289 e. The number of imidazole rings is 1. The van der Waals surface area contributed by atoms with Gasteiger partial charge in [-0.05, 0) is 0 Å². The van der Waals surface area contributed by atoms with Crippen molar-refractivity contribution in [3.05, 3.63) is 17.7 Å². The molecule has 2 heterocycles. The normalized spacial score (nSPS) is 28.2. The zero-order chi connectivity index (χ0) is 16.3. The fourth-order valence-corrected chi connectivity index (χ4v) is 1.99. The predicted molar refractivity (Wildman–Crippen MR) is 74.9 cm³/mol. The molecule has 0 saturated carbocycles. The lowest BCUT2D eigenvalue weighted by Gasteiger charge is -2.11. The average Bonchev–Trinajstić information content (AvgIpc) is 3.05. The second-order valence-electron chi connectivity index (χ2n) is 5.09. The molecule has 1 aromatic heterocycles. The highest BCUT2D eigenvalue weighted by Crippen LogP contribution is 2.31. The van der Waals surface area contributed by atoms with Gasteiger partial charge >= 0.3 is 0 Å². The molecule has 10 heteroatoms. The fraction of sp³-hybridized carbons (Fsp3) is 0.583. The van der Waals surface area contributed by atoms with Gasteiger partial charge in [0.2, 0.25) is 0 Å². The zero-order valence-electron chi connectivity index (χ0n) is 12.2. The molecule has 22 heavy (non-hydrogen) atoms. The lowest BCUT2D eigenvalue weighted by atomic mass is 10.1. The van der Waals surface area contributed by atoms with Crippen LogP contribution in [0.3, 0.4) is 0 Å². The molecule has 0 bridgehead atoms. The van der Waals surface area contributed by atoms with Crippen molar-refractivity contribution < 1.29 is 24.9 Å². The highest BCUT2D eigenvalue weighted by atomic mass is 16.6. The van der Waals surface area contributed by atoms with E-state index < -0.39 is 36.9 Å². The van der Waals surface area contributed by atoms with E-state index in [4.69, 9.17) is 9.84 Å². The number of hydrazone groups is 1. The summed E-state index contributed by atoms with van der Waals surface area (Å²) in [5.41, 5.74) is 2.43. The van der Waals surface area contributed by atoms with Gasteiger partial charge in [0.1, 0.15) is 42.3 Å². The van der Waals surface area contributed by atoms with Crippen molar-refractivity contribution in [2.45, 2.75) is 24.4 Å². The van der Waals surface area contributed by atoms with Gasteiger partial charge in [-0.15, -0.1) is 0 Å². The number of rotatable bonds is 5. The molecule has 0 radical (unpaired) electrons. The van der Waals surface area contributed by atoms with E-state index in [9.17, 15) is 15.0 Å². The third kappa shape index (κ3) is 3.42. The molecule has 122 valence electrons. The summed E-state index contributed by atoms with van der Waals surface area (Å²) in [6, 6.07) is 0. The summed E-state index contributed by atoms with van der Waals surface area (Å²) in [5.74, 6) is -0.326. The minimum absolute atomic E-state index is 0.128. The Morgan fingerprint density at radius 3 is 2.86 bits per heavy atom. The van der Waals surface area contributed by atoms with Gasteiger partial charge in [-0.3, -0.25) is 4.79 Å². The van der Waals surface area contributed by atoms with Crippen molar-refractivity contribution in [1.29, 1.82) is 0 Å². The molecule has 0 unspecified atom stereocenters. The molecule has 1 aromatic rings. The minimum atomic E-state index is -1.24. The van der Waals surface area contributed by atoms with Crippen LogP contribution in [0.15, 0.2) is 11.3 Å². The van der Waals surface area contributed by atoms with Gasteiger partial charge in [0, 0.05) is 14.1 Å². The molecule has 1 saturated heterocycles. The monoisotopic (exact) mass is 313 g/mol. The van der Waals surface area contributed by atoms with E-state index in [1.165, 1.54) is 12.5 Å². The molecule has 0 aliphatic carbocycles. The Hall–Kier alpha value is -2.01. The molecule has 4 atom stereocenters. The summed E-state index contributed by atoms with van der Waals surface area (Å²) in [5, 5.41) is 32.3. The van der Waals surface area contributed by atoms with Gasteiger partial charge in [0.25, 0.3) is 5.91 Å². The summed E-state index contributed by atoms with van der Waals surface area (Å²) in [4.78, 5) is 20.1. The van der Waals surface area contributed by atoms with Crippen LogP contribution in [-0.2, 0) is 4.74 Å². The smallest absolute Gasteiger partial charge is 0.289 e. The standard InChI is InChI=1S/C12H19N5O5/c1-17(2)5-14-16-12(21)6-3-13-11(15-6)10-9(20)8(19)7(4-18)22-10/h3,5,7-10,18-20H,4H2,1-2H3,(H,13,15)(H,16,21)/t7-,8-,9-,10-/m1/s1. The Morgan fingerprint density at radius 1 is 1.55 bits per heavy atom. The second-order valence-corrected chi connectivity index (χ2v) is 5.09. The lowest BCUT2D eigenvalue weighted by molar-refractivity contribution is -0.0250. The predicted octanol–water partition coefficient (Wildman–Crippen LogP) is -2.20. The number of hydrogen-bond donors (Lipinski definition) is 5. The highest BCUT2D eigenvalue weighted by molar-refractivity contribution is 5.92. The molecule has 10 nitrogen and oxygen atoms in total. The van der Waals surface area contributed by atoms with Crippen LogP contribution in [0.25, 0.3) is 0 Å². The van der Waals surface area contributed by atoms with E-state index in [1.54, 1.807) is 19.0 Å². The molecule has 1 aliphatic heterocycles. The van der Waals surface area contributed by atoms with Crippen molar-refractivity contribution in [2.24, 2.45) is 5.10 Å². The van der Waals surface area contributed by atoms with Gasteiger partial charge in [0.15, 0.2) is 0 Å². The van der Waals surface area contributed by atoms with E-state index in [0.29, 0.717) is 0 Å². The second kappa shape index (κ2) is 6.83. The Bertz CT molecular complexity index is 546. The average molecular weight is 313 g/mol. The number of H-pyrrole nitrogens is 1. The first kappa shape index (κ1) is 16.4. The first-order chi connectivity index (χ1) is 10.4. The van der Waals surface area contributed by atoms with Crippen LogP contribution < -0.4 is 5.43 Å². The van der Waals surface area contributed by atoms with E-state index >= 15 is 0 Å². The third-order valence-electron chi connectivity index (χ3n) is 3.11. The molecule has 2 rings (SSSR count). The fourth-order valence-electron chi connectivity index (χ4n) is 1.99. The summed E-state index contributed by atoms with van der Waals surface area (Å²) >= 11 is 0. The number of carbonyl (C=O) groups is 1. The molecular formula is C12H19N5O5. The van der Waals surface area contributed by atoms with Gasteiger partial charge in [-0.25, -0.2) is 10.4 Å². The zero-order valence-corrected chi connectivity index (χ0v) is 12.2. The van der Waals surface area contributed by atoms with E-state index in [0.717, 1.165) is 0 Å². The van der Waals surface area contributed by atoms with Gasteiger partial charge < -0.3 is 29.9 Å². The highest BCUT2D eigenvalue weighted by Gasteiger charge is 2.44. The van der Waals surface area contributed by atoms with Crippen LogP contribution in [0.5, 0.6) is 0 Å². The summed E-state index contributed by atoms with van der Waals surface area (Å²) in [7, 11) is 3.51. The van der Waals surface area contributed by atoms with Crippen LogP contribution in [0.2, 0.25) is 0 Å². The molecule has 1 amide bonds. The number of carbonyl (C=O) groups excluding carboxylic acids is 1. The van der Waals surface area contributed by atoms with Crippen LogP contribution in [0.4, 0.5) is 0 Å². The quantitative estimate of drug-likeness (QED) is 0.236. The van der Waals surface area contributed by atoms with E-state index in [1.807, 2.05) is 0 Å². The summed E-state index contributed by atoms with van der Waals surface area (Å²) < 4.78 is 5.32. The Kier molecular flexibility index (Phi) is 5.08. The first-order valence-corrected chi connectivity index (χ1v) is 6.61.